The van der Waals surface area contributed by atoms with Crippen molar-refractivity contribution in [1.29, 1.82) is 0 Å². The highest BCUT2D eigenvalue weighted by atomic mass is 19.2. The van der Waals surface area contributed by atoms with Crippen molar-refractivity contribution in [1.82, 2.24) is 10.2 Å². The van der Waals surface area contributed by atoms with Crippen LogP contribution in [0.5, 0.6) is 0 Å². The van der Waals surface area contributed by atoms with Gasteiger partial charge < -0.3 is 5.32 Å². The second kappa shape index (κ2) is 5.56. The van der Waals surface area contributed by atoms with Gasteiger partial charge in [-0.15, -0.1) is 0 Å². The largest absolute Gasteiger partial charge is 0.317 e. The molecular formula is C13H18F2N2. The number of nitrogens with one attached hydrogen (secondary N) is 1. The highest BCUT2D eigenvalue weighted by Crippen LogP contribution is 2.15. The second-order valence-electron chi connectivity index (χ2n) is 4.64. The highest BCUT2D eigenvalue weighted by Gasteiger charge is 2.17. The Hall–Kier alpha value is -1.00. The number of hydrogen-bond acceptors (Lipinski definition) is 2. The molecule has 0 bridgehead atoms. The van der Waals surface area contributed by atoms with E-state index >= 15 is 0 Å². The van der Waals surface area contributed by atoms with E-state index in [1.807, 2.05) is 7.05 Å². The molecule has 1 aromatic rings. The Morgan fingerprint density at radius 1 is 1.24 bits per heavy atom. The summed E-state index contributed by atoms with van der Waals surface area (Å²) >= 11 is 0. The molecule has 2 rings (SSSR count). The Labute approximate surface area is 101 Å². The van der Waals surface area contributed by atoms with Crippen molar-refractivity contribution in [3.8, 4) is 0 Å². The van der Waals surface area contributed by atoms with Gasteiger partial charge in [0.05, 0.1) is 0 Å². The molecule has 0 radical (unpaired) electrons. The third-order valence-corrected chi connectivity index (χ3v) is 3.35. The molecular weight excluding hydrogens is 222 g/mol. The summed E-state index contributed by atoms with van der Waals surface area (Å²) in [7, 11) is 2.04. The zero-order valence-electron chi connectivity index (χ0n) is 10.0. The fourth-order valence-electron chi connectivity index (χ4n) is 2.30. The van der Waals surface area contributed by atoms with Gasteiger partial charge in [0.1, 0.15) is 0 Å². The highest BCUT2D eigenvalue weighted by molar-refractivity contribution is 5.17. The molecule has 0 amide bonds. The van der Waals surface area contributed by atoms with Crippen LogP contribution in [0.3, 0.4) is 0 Å². The number of benzene rings is 1. The molecule has 1 fully saturated rings. The maximum absolute atomic E-state index is 13.1. The summed E-state index contributed by atoms with van der Waals surface area (Å²) in [6, 6.07) is 4.66. The number of hydrogen-bond donors (Lipinski definition) is 1. The summed E-state index contributed by atoms with van der Waals surface area (Å²) in [4.78, 5) is 2.22. The average Bonchev–Trinajstić information content (AvgIpc) is 2.35. The first kappa shape index (κ1) is 12.5. The monoisotopic (exact) mass is 240 g/mol. The van der Waals surface area contributed by atoms with E-state index in [0.29, 0.717) is 12.6 Å². The molecule has 0 spiro atoms. The van der Waals surface area contributed by atoms with Gasteiger partial charge in [0.15, 0.2) is 11.6 Å². The Morgan fingerprint density at radius 3 is 2.59 bits per heavy atom. The van der Waals surface area contributed by atoms with Crippen LogP contribution in [-0.4, -0.2) is 31.1 Å². The molecule has 0 aliphatic carbocycles. The van der Waals surface area contributed by atoms with Gasteiger partial charge in [-0.1, -0.05) is 6.07 Å². The Balaban J connectivity index is 1.96. The molecule has 1 N–H and O–H groups in total. The normalized spacial score (nSPS) is 17.6. The predicted octanol–water partition coefficient (Wildman–Crippen LogP) is 2.15. The first-order valence-corrected chi connectivity index (χ1v) is 6.01. The smallest absolute Gasteiger partial charge is 0.159 e. The molecule has 0 unspecified atom stereocenters. The molecule has 1 aliphatic rings. The van der Waals surface area contributed by atoms with Gasteiger partial charge in [0.25, 0.3) is 0 Å². The van der Waals surface area contributed by atoms with Crippen LogP contribution in [0.15, 0.2) is 18.2 Å². The van der Waals surface area contributed by atoms with Gasteiger partial charge in [-0.25, -0.2) is 8.78 Å². The van der Waals surface area contributed by atoms with Crippen molar-refractivity contribution in [2.75, 3.05) is 20.1 Å². The minimum atomic E-state index is -0.779. The van der Waals surface area contributed by atoms with Crippen molar-refractivity contribution in [2.45, 2.75) is 25.4 Å². The van der Waals surface area contributed by atoms with E-state index in [4.69, 9.17) is 0 Å². The quantitative estimate of drug-likeness (QED) is 0.871. The van der Waals surface area contributed by atoms with Crippen LogP contribution in [-0.2, 0) is 6.54 Å². The van der Waals surface area contributed by atoms with Crippen molar-refractivity contribution >= 4 is 0 Å². The molecule has 1 heterocycles. The standard InChI is InChI=1S/C13H18F2N2/c1-17(11-4-6-16-7-5-11)9-10-2-3-12(14)13(15)8-10/h2-3,8,11,16H,4-7,9H2,1H3. The minimum Gasteiger partial charge on any atom is -0.317 e. The summed E-state index contributed by atoms with van der Waals surface area (Å²) < 4.78 is 25.9. The summed E-state index contributed by atoms with van der Waals surface area (Å²) in [5.74, 6) is -1.54. The third kappa shape index (κ3) is 3.23. The van der Waals surface area contributed by atoms with Crippen LogP contribution in [0.1, 0.15) is 18.4 Å². The summed E-state index contributed by atoms with van der Waals surface area (Å²) in [5.41, 5.74) is 0.824. The van der Waals surface area contributed by atoms with E-state index in [1.165, 1.54) is 12.1 Å². The van der Waals surface area contributed by atoms with Crippen LogP contribution >= 0.6 is 0 Å². The fraction of sp³-hybridized carbons (Fsp3) is 0.538. The van der Waals surface area contributed by atoms with Crippen molar-refractivity contribution in [3.05, 3.63) is 35.4 Å². The molecule has 1 aromatic carbocycles. The summed E-state index contributed by atoms with van der Waals surface area (Å²) in [6.07, 6.45) is 2.22. The second-order valence-corrected chi connectivity index (χ2v) is 4.64. The van der Waals surface area contributed by atoms with Crippen LogP contribution in [0, 0.1) is 11.6 Å². The number of halogens is 2. The summed E-state index contributed by atoms with van der Waals surface area (Å²) in [6.45, 7) is 2.74. The molecule has 1 saturated heterocycles. The van der Waals surface area contributed by atoms with E-state index < -0.39 is 11.6 Å². The van der Waals surface area contributed by atoms with Gasteiger partial charge in [-0.05, 0) is 50.7 Å². The van der Waals surface area contributed by atoms with E-state index in [1.54, 1.807) is 6.07 Å². The average molecular weight is 240 g/mol. The van der Waals surface area contributed by atoms with Gasteiger partial charge in [-0.2, -0.15) is 0 Å². The number of nitrogens with zero attached hydrogens (tertiary/aromatic N) is 1. The van der Waals surface area contributed by atoms with E-state index in [9.17, 15) is 8.78 Å². The van der Waals surface area contributed by atoms with Gasteiger partial charge in [0.2, 0.25) is 0 Å². The minimum absolute atomic E-state index is 0.532. The Kier molecular flexibility index (Phi) is 4.07. The molecule has 0 saturated carbocycles. The van der Waals surface area contributed by atoms with Gasteiger partial charge >= 0.3 is 0 Å². The fourth-order valence-corrected chi connectivity index (χ4v) is 2.30. The van der Waals surface area contributed by atoms with Gasteiger partial charge in [-0.3, -0.25) is 4.90 Å². The third-order valence-electron chi connectivity index (χ3n) is 3.35. The predicted molar refractivity (Wildman–Crippen MR) is 63.7 cm³/mol. The summed E-state index contributed by atoms with van der Waals surface area (Å²) in [5, 5.41) is 3.31. The maximum Gasteiger partial charge on any atom is 0.159 e. The lowest BCUT2D eigenvalue weighted by atomic mass is 10.0. The van der Waals surface area contributed by atoms with Crippen LogP contribution in [0.4, 0.5) is 8.78 Å². The Bertz CT molecular complexity index is 376. The van der Waals surface area contributed by atoms with E-state index in [0.717, 1.165) is 31.5 Å². The number of piperidine rings is 1. The van der Waals surface area contributed by atoms with Crippen LogP contribution in [0.25, 0.3) is 0 Å². The zero-order chi connectivity index (χ0) is 12.3. The van der Waals surface area contributed by atoms with E-state index in [2.05, 4.69) is 10.2 Å². The molecule has 0 atom stereocenters. The zero-order valence-corrected chi connectivity index (χ0v) is 10.0. The van der Waals surface area contributed by atoms with Crippen LogP contribution in [0.2, 0.25) is 0 Å². The molecule has 1 aliphatic heterocycles. The molecule has 17 heavy (non-hydrogen) atoms. The SMILES string of the molecule is CN(Cc1ccc(F)c(F)c1)C1CCNCC1. The lowest BCUT2D eigenvalue weighted by Crippen LogP contribution is -2.40. The maximum atomic E-state index is 13.1. The lowest BCUT2D eigenvalue weighted by molar-refractivity contribution is 0.191. The van der Waals surface area contributed by atoms with Crippen molar-refractivity contribution in [2.24, 2.45) is 0 Å². The Morgan fingerprint density at radius 2 is 1.94 bits per heavy atom. The first-order chi connectivity index (χ1) is 8.16. The van der Waals surface area contributed by atoms with Crippen molar-refractivity contribution < 1.29 is 8.78 Å². The van der Waals surface area contributed by atoms with Crippen LogP contribution < -0.4 is 5.32 Å². The van der Waals surface area contributed by atoms with Gasteiger partial charge in [0, 0.05) is 12.6 Å². The lowest BCUT2D eigenvalue weighted by Gasteiger charge is -2.31. The van der Waals surface area contributed by atoms with E-state index in [-0.39, 0.29) is 0 Å². The number of rotatable bonds is 3. The molecule has 94 valence electrons. The molecule has 2 nitrogen and oxygen atoms in total. The topological polar surface area (TPSA) is 15.3 Å². The molecule has 0 aromatic heterocycles. The molecule has 4 heteroatoms. The van der Waals surface area contributed by atoms with Crippen molar-refractivity contribution in [3.63, 3.8) is 0 Å². The first-order valence-electron chi connectivity index (χ1n) is 6.01.